The van der Waals surface area contributed by atoms with Crippen LogP contribution in [0, 0.1) is 10.1 Å². The molecule has 7 nitrogen and oxygen atoms in total. The van der Waals surface area contributed by atoms with Crippen molar-refractivity contribution in [3.05, 3.63) is 33.9 Å². The van der Waals surface area contributed by atoms with E-state index in [1.165, 1.54) is 17.0 Å². The van der Waals surface area contributed by atoms with Gasteiger partial charge in [0.05, 0.1) is 11.3 Å². The molecule has 2 rings (SSSR count). The number of carboxylic acids is 1. The molecule has 1 aromatic rings. The maximum Gasteiger partial charge on any atom is 0.303 e. The second kappa shape index (κ2) is 5.05. The molecular formula is C12H12N2O5. The van der Waals surface area contributed by atoms with Crippen molar-refractivity contribution in [2.45, 2.75) is 19.3 Å². The molecule has 1 aromatic carbocycles. The molecular weight excluding hydrogens is 252 g/mol. The number of nitrogens with zero attached hydrogens (tertiary/aromatic N) is 2. The number of anilines is 1. The molecule has 1 aliphatic rings. The van der Waals surface area contributed by atoms with Crippen molar-refractivity contribution in [3.8, 4) is 0 Å². The minimum Gasteiger partial charge on any atom is -0.481 e. The number of nitro groups is 1. The van der Waals surface area contributed by atoms with Gasteiger partial charge < -0.3 is 10.0 Å². The van der Waals surface area contributed by atoms with Gasteiger partial charge in [-0.15, -0.1) is 0 Å². The summed E-state index contributed by atoms with van der Waals surface area (Å²) in [5.41, 5.74) is 1.39. The Bertz CT molecular complexity index is 555. The van der Waals surface area contributed by atoms with E-state index in [-0.39, 0.29) is 24.4 Å². The van der Waals surface area contributed by atoms with Crippen molar-refractivity contribution in [2.24, 2.45) is 0 Å². The Hall–Kier alpha value is -2.44. The van der Waals surface area contributed by atoms with Crippen LogP contribution in [0.4, 0.5) is 11.4 Å². The monoisotopic (exact) mass is 264 g/mol. The third-order valence-electron chi connectivity index (χ3n) is 3.02. The van der Waals surface area contributed by atoms with Crippen molar-refractivity contribution in [3.63, 3.8) is 0 Å². The number of aliphatic carboxylic acids is 1. The summed E-state index contributed by atoms with van der Waals surface area (Å²) in [7, 11) is 0. The molecule has 0 fully saturated rings. The lowest BCUT2D eigenvalue weighted by atomic mass is 10.1. The number of non-ortho nitro benzene ring substituents is 1. The van der Waals surface area contributed by atoms with Crippen LogP contribution in [0.3, 0.4) is 0 Å². The minimum absolute atomic E-state index is 0.00131. The zero-order chi connectivity index (χ0) is 14.0. The van der Waals surface area contributed by atoms with Gasteiger partial charge in [-0.1, -0.05) is 0 Å². The molecule has 0 aromatic heterocycles. The zero-order valence-corrected chi connectivity index (χ0v) is 10.0. The van der Waals surface area contributed by atoms with E-state index >= 15 is 0 Å². The van der Waals surface area contributed by atoms with Crippen LogP contribution >= 0.6 is 0 Å². The van der Waals surface area contributed by atoms with E-state index in [4.69, 9.17) is 5.11 Å². The molecule has 1 heterocycles. The number of hydrogen-bond donors (Lipinski definition) is 1. The third kappa shape index (κ3) is 2.70. The Morgan fingerprint density at radius 1 is 1.37 bits per heavy atom. The van der Waals surface area contributed by atoms with Gasteiger partial charge in [-0.05, 0) is 18.1 Å². The van der Waals surface area contributed by atoms with Crippen LogP contribution in [-0.4, -0.2) is 28.5 Å². The van der Waals surface area contributed by atoms with Crippen molar-refractivity contribution in [1.82, 2.24) is 0 Å². The average Bonchev–Trinajstić information content (AvgIpc) is 2.78. The fourth-order valence-corrected chi connectivity index (χ4v) is 2.11. The second-order valence-corrected chi connectivity index (χ2v) is 4.26. The van der Waals surface area contributed by atoms with Crippen LogP contribution < -0.4 is 4.90 Å². The molecule has 0 radical (unpaired) electrons. The predicted molar refractivity (Wildman–Crippen MR) is 66.0 cm³/mol. The first-order chi connectivity index (χ1) is 8.99. The number of carboxylic acid groups (broad SMARTS) is 1. The van der Waals surface area contributed by atoms with Crippen molar-refractivity contribution < 1.29 is 19.6 Å². The first-order valence-corrected chi connectivity index (χ1v) is 5.78. The Labute approximate surface area is 108 Å². The number of rotatable bonds is 4. The first kappa shape index (κ1) is 13.0. The fourth-order valence-electron chi connectivity index (χ4n) is 2.11. The van der Waals surface area contributed by atoms with Crippen molar-refractivity contribution >= 4 is 23.3 Å². The number of hydrogen-bond acceptors (Lipinski definition) is 4. The largest absolute Gasteiger partial charge is 0.481 e. The maximum atomic E-state index is 11.9. The molecule has 1 aliphatic heterocycles. The summed E-state index contributed by atoms with van der Waals surface area (Å²) < 4.78 is 0. The molecule has 100 valence electrons. The zero-order valence-electron chi connectivity index (χ0n) is 10.0. The summed E-state index contributed by atoms with van der Waals surface area (Å²) in [6, 6.07) is 4.35. The summed E-state index contributed by atoms with van der Waals surface area (Å²) in [5, 5.41) is 19.2. The van der Waals surface area contributed by atoms with E-state index in [1.807, 2.05) is 0 Å². The third-order valence-corrected chi connectivity index (χ3v) is 3.02. The van der Waals surface area contributed by atoms with Gasteiger partial charge >= 0.3 is 5.97 Å². The van der Waals surface area contributed by atoms with Gasteiger partial charge in [0.2, 0.25) is 5.91 Å². The van der Waals surface area contributed by atoms with Gasteiger partial charge in [-0.25, -0.2) is 0 Å². The fraction of sp³-hybridized carbons (Fsp3) is 0.333. The Morgan fingerprint density at radius 3 is 2.74 bits per heavy atom. The highest BCUT2D eigenvalue weighted by Crippen LogP contribution is 2.31. The van der Waals surface area contributed by atoms with E-state index in [0.717, 1.165) is 5.56 Å². The van der Waals surface area contributed by atoms with Crippen LogP contribution in [0.15, 0.2) is 18.2 Å². The molecule has 0 spiro atoms. The van der Waals surface area contributed by atoms with E-state index in [2.05, 4.69) is 0 Å². The lowest BCUT2D eigenvalue weighted by molar-refractivity contribution is -0.384. The number of carbonyl (C=O) groups excluding carboxylic acids is 1. The van der Waals surface area contributed by atoms with Gasteiger partial charge in [0, 0.05) is 30.8 Å². The van der Waals surface area contributed by atoms with Crippen LogP contribution in [0.1, 0.15) is 18.4 Å². The van der Waals surface area contributed by atoms with Crippen LogP contribution in [0.25, 0.3) is 0 Å². The predicted octanol–water partition coefficient (Wildman–Crippen LogP) is 1.35. The summed E-state index contributed by atoms with van der Waals surface area (Å²) in [4.78, 5) is 34.0. The first-order valence-electron chi connectivity index (χ1n) is 5.78. The summed E-state index contributed by atoms with van der Waals surface area (Å²) in [6.07, 6.45) is 0.277. The molecule has 7 heteroatoms. The van der Waals surface area contributed by atoms with Crippen LogP contribution in [-0.2, 0) is 16.0 Å². The smallest absolute Gasteiger partial charge is 0.303 e. The molecule has 0 saturated heterocycles. The average molecular weight is 264 g/mol. The minimum atomic E-state index is -1.02. The lowest BCUT2D eigenvalue weighted by Gasteiger charge is -2.16. The van der Waals surface area contributed by atoms with E-state index in [0.29, 0.717) is 18.7 Å². The molecule has 19 heavy (non-hydrogen) atoms. The number of fused-ring (bicyclic) bond motifs is 1. The van der Waals surface area contributed by atoms with Crippen molar-refractivity contribution in [2.75, 3.05) is 11.4 Å². The number of amides is 1. The number of benzene rings is 1. The van der Waals surface area contributed by atoms with Crippen LogP contribution in [0.2, 0.25) is 0 Å². The quantitative estimate of drug-likeness (QED) is 0.653. The van der Waals surface area contributed by atoms with Crippen molar-refractivity contribution in [1.29, 1.82) is 0 Å². The number of nitro benzene ring substituents is 1. The van der Waals surface area contributed by atoms with Gasteiger partial charge in [0.25, 0.3) is 5.69 Å². The SMILES string of the molecule is O=C(O)CCC(=O)N1CCc2cc([N+](=O)[O-])ccc21. The Kier molecular flexibility index (Phi) is 3.46. The molecule has 0 atom stereocenters. The van der Waals surface area contributed by atoms with Crippen LogP contribution in [0.5, 0.6) is 0 Å². The summed E-state index contributed by atoms with van der Waals surface area (Å²) >= 11 is 0. The molecule has 0 aliphatic carbocycles. The van der Waals surface area contributed by atoms with Gasteiger partial charge in [0.15, 0.2) is 0 Å². The lowest BCUT2D eigenvalue weighted by Crippen LogP contribution is -2.29. The highest BCUT2D eigenvalue weighted by molar-refractivity contribution is 5.96. The molecule has 0 bridgehead atoms. The molecule has 1 N–H and O–H groups in total. The summed E-state index contributed by atoms with van der Waals surface area (Å²) in [5.74, 6) is -1.29. The Morgan fingerprint density at radius 2 is 2.11 bits per heavy atom. The van der Waals surface area contributed by atoms with Gasteiger partial charge in [0.1, 0.15) is 0 Å². The highest BCUT2D eigenvalue weighted by Gasteiger charge is 2.26. The second-order valence-electron chi connectivity index (χ2n) is 4.26. The van der Waals surface area contributed by atoms with E-state index in [1.54, 1.807) is 6.07 Å². The standard InChI is InChI=1S/C12H12N2O5/c15-11(3-4-12(16)17)13-6-5-8-7-9(14(18)19)1-2-10(8)13/h1-2,7H,3-6H2,(H,16,17). The molecule has 1 amide bonds. The normalized spacial score (nSPS) is 13.2. The maximum absolute atomic E-state index is 11.9. The van der Waals surface area contributed by atoms with Gasteiger partial charge in [-0.2, -0.15) is 0 Å². The van der Waals surface area contributed by atoms with Gasteiger partial charge in [-0.3, -0.25) is 19.7 Å². The van der Waals surface area contributed by atoms with E-state index < -0.39 is 10.9 Å². The summed E-state index contributed by atoms with van der Waals surface area (Å²) in [6.45, 7) is 0.439. The Balaban J connectivity index is 2.16. The molecule has 0 unspecified atom stereocenters. The number of carbonyl (C=O) groups is 2. The topological polar surface area (TPSA) is 101 Å². The van der Waals surface area contributed by atoms with E-state index in [9.17, 15) is 19.7 Å². The molecule has 0 saturated carbocycles. The highest BCUT2D eigenvalue weighted by atomic mass is 16.6.